The van der Waals surface area contributed by atoms with Crippen molar-refractivity contribution in [2.45, 2.75) is 19.9 Å². The molecule has 1 aliphatic heterocycles. The van der Waals surface area contributed by atoms with Crippen molar-refractivity contribution in [3.05, 3.63) is 50.6 Å². The standard InChI is InChI=1S/C18H19BrN2O2S/c1-12-7-15(19)3-4-16(12)21-10-14(8-17(21)22)18(23)20(2)9-13-5-6-24-11-13/h3-7,11,14H,8-10H2,1-2H3. The molecule has 2 heterocycles. The molecule has 0 N–H and O–H groups in total. The molecule has 0 spiro atoms. The van der Waals surface area contributed by atoms with Crippen LogP contribution in [-0.2, 0) is 16.1 Å². The zero-order valence-electron chi connectivity index (χ0n) is 13.7. The van der Waals surface area contributed by atoms with Crippen molar-refractivity contribution in [3.63, 3.8) is 0 Å². The number of thiophene rings is 1. The summed E-state index contributed by atoms with van der Waals surface area (Å²) in [7, 11) is 1.80. The zero-order valence-corrected chi connectivity index (χ0v) is 16.1. The Morgan fingerprint density at radius 2 is 2.21 bits per heavy atom. The number of aryl methyl sites for hydroxylation is 1. The largest absolute Gasteiger partial charge is 0.341 e. The number of rotatable bonds is 4. The van der Waals surface area contributed by atoms with Crippen LogP contribution in [0.15, 0.2) is 39.5 Å². The minimum absolute atomic E-state index is 0.0164. The number of carbonyl (C=O) groups excluding carboxylic acids is 2. The van der Waals surface area contributed by atoms with E-state index in [1.54, 1.807) is 28.2 Å². The van der Waals surface area contributed by atoms with Crippen LogP contribution in [0.1, 0.15) is 17.5 Å². The highest BCUT2D eigenvalue weighted by Crippen LogP contribution is 2.30. The molecule has 2 aromatic rings. The van der Waals surface area contributed by atoms with Gasteiger partial charge in [0.1, 0.15) is 0 Å². The van der Waals surface area contributed by atoms with Gasteiger partial charge in [-0.15, -0.1) is 0 Å². The monoisotopic (exact) mass is 406 g/mol. The van der Waals surface area contributed by atoms with Gasteiger partial charge in [0, 0.05) is 36.7 Å². The minimum atomic E-state index is -0.274. The van der Waals surface area contributed by atoms with Gasteiger partial charge in [-0.1, -0.05) is 15.9 Å². The molecule has 1 atom stereocenters. The van der Waals surface area contributed by atoms with Gasteiger partial charge in [-0.25, -0.2) is 0 Å². The highest BCUT2D eigenvalue weighted by Gasteiger charge is 2.36. The maximum atomic E-state index is 12.7. The third-order valence-electron chi connectivity index (χ3n) is 4.30. The van der Waals surface area contributed by atoms with E-state index in [1.165, 1.54) is 0 Å². The number of hydrogen-bond acceptors (Lipinski definition) is 3. The summed E-state index contributed by atoms with van der Waals surface area (Å²) in [6.45, 7) is 3.02. The predicted octanol–water partition coefficient (Wildman–Crippen LogP) is 3.83. The Bertz CT molecular complexity index is 760. The lowest BCUT2D eigenvalue weighted by Crippen LogP contribution is -2.34. The van der Waals surface area contributed by atoms with Crippen molar-refractivity contribution >= 4 is 44.8 Å². The third-order valence-corrected chi connectivity index (χ3v) is 5.53. The molecule has 126 valence electrons. The molecule has 24 heavy (non-hydrogen) atoms. The smallest absolute Gasteiger partial charge is 0.228 e. The molecule has 4 nitrogen and oxygen atoms in total. The summed E-state index contributed by atoms with van der Waals surface area (Å²) in [6, 6.07) is 7.86. The molecule has 1 fully saturated rings. The third kappa shape index (κ3) is 3.54. The number of amides is 2. The molecule has 1 unspecified atom stereocenters. The van der Waals surface area contributed by atoms with E-state index in [1.807, 2.05) is 41.9 Å². The normalized spacial score (nSPS) is 17.4. The van der Waals surface area contributed by atoms with Crippen molar-refractivity contribution in [2.24, 2.45) is 5.92 Å². The SMILES string of the molecule is Cc1cc(Br)ccc1N1CC(C(=O)N(C)Cc2ccsc2)CC1=O. The van der Waals surface area contributed by atoms with E-state index < -0.39 is 0 Å². The van der Waals surface area contributed by atoms with Crippen LogP contribution in [0, 0.1) is 12.8 Å². The van der Waals surface area contributed by atoms with Crippen LogP contribution >= 0.6 is 27.3 Å². The first kappa shape index (κ1) is 17.2. The Morgan fingerprint density at radius 1 is 1.42 bits per heavy atom. The zero-order chi connectivity index (χ0) is 17.3. The average molecular weight is 407 g/mol. The van der Waals surface area contributed by atoms with Crippen LogP contribution in [0.5, 0.6) is 0 Å². The first-order chi connectivity index (χ1) is 11.5. The van der Waals surface area contributed by atoms with Gasteiger partial charge in [-0.2, -0.15) is 11.3 Å². The highest BCUT2D eigenvalue weighted by atomic mass is 79.9. The molecule has 0 radical (unpaired) electrons. The van der Waals surface area contributed by atoms with Crippen molar-refractivity contribution in [1.29, 1.82) is 0 Å². The summed E-state index contributed by atoms with van der Waals surface area (Å²) in [5.41, 5.74) is 3.04. The first-order valence-electron chi connectivity index (χ1n) is 7.78. The van der Waals surface area contributed by atoms with E-state index in [-0.39, 0.29) is 24.2 Å². The molecule has 1 aromatic heterocycles. The van der Waals surface area contributed by atoms with Crippen LogP contribution in [0.25, 0.3) is 0 Å². The Kier molecular flexibility index (Phi) is 5.06. The lowest BCUT2D eigenvalue weighted by atomic mass is 10.1. The molecule has 1 aromatic carbocycles. The molecule has 0 saturated carbocycles. The molecule has 2 amide bonds. The van der Waals surface area contributed by atoms with Gasteiger partial charge in [0.15, 0.2) is 0 Å². The summed E-state index contributed by atoms with van der Waals surface area (Å²) in [6.07, 6.45) is 0.280. The summed E-state index contributed by atoms with van der Waals surface area (Å²) in [5, 5.41) is 4.05. The van der Waals surface area contributed by atoms with Crippen LogP contribution in [0.4, 0.5) is 5.69 Å². The van der Waals surface area contributed by atoms with Crippen molar-refractivity contribution in [2.75, 3.05) is 18.5 Å². The maximum absolute atomic E-state index is 12.7. The first-order valence-corrected chi connectivity index (χ1v) is 9.52. The fourth-order valence-corrected chi connectivity index (χ4v) is 4.21. The summed E-state index contributed by atoms with van der Waals surface area (Å²) < 4.78 is 0.985. The average Bonchev–Trinajstić information content (AvgIpc) is 3.16. The molecular formula is C18H19BrN2O2S. The fourth-order valence-electron chi connectivity index (χ4n) is 3.07. The predicted molar refractivity (Wildman–Crippen MR) is 100 cm³/mol. The fraction of sp³-hybridized carbons (Fsp3) is 0.333. The van der Waals surface area contributed by atoms with Gasteiger partial charge < -0.3 is 9.80 Å². The lowest BCUT2D eigenvalue weighted by Gasteiger charge is -2.22. The van der Waals surface area contributed by atoms with Crippen molar-refractivity contribution in [3.8, 4) is 0 Å². The topological polar surface area (TPSA) is 40.6 Å². The lowest BCUT2D eigenvalue weighted by molar-refractivity contribution is -0.135. The van der Waals surface area contributed by atoms with E-state index in [4.69, 9.17) is 0 Å². The summed E-state index contributed by atoms with van der Waals surface area (Å²) in [5.74, 6) is -0.223. The molecule has 1 aliphatic rings. The van der Waals surface area contributed by atoms with E-state index in [2.05, 4.69) is 15.9 Å². The number of hydrogen-bond donors (Lipinski definition) is 0. The van der Waals surface area contributed by atoms with Crippen LogP contribution in [0.2, 0.25) is 0 Å². The Labute approximate surface area is 154 Å². The Hall–Kier alpha value is -1.66. The quantitative estimate of drug-likeness (QED) is 0.773. The van der Waals surface area contributed by atoms with Crippen LogP contribution < -0.4 is 4.90 Å². The number of anilines is 1. The van der Waals surface area contributed by atoms with E-state index in [0.717, 1.165) is 21.3 Å². The van der Waals surface area contributed by atoms with Crippen molar-refractivity contribution in [1.82, 2.24) is 4.90 Å². The highest BCUT2D eigenvalue weighted by molar-refractivity contribution is 9.10. The number of nitrogens with zero attached hydrogens (tertiary/aromatic N) is 2. The summed E-state index contributed by atoms with van der Waals surface area (Å²) >= 11 is 5.06. The van der Waals surface area contributed by atoms with Gasteiger partial charge in [0.2, 0.25) is 11.8 Å². The van der Waals surface area contributed by atoms with Gasteiger partial charge >= 0.3 is 0 Å². The van der Waals surface area contributed by atoms with Crippen molar-refractivity contribution < 1.29 is 9.59 Å². The number of benzene rings is 1. The molecule has 1 saturated heterocycles. The van der Waals surface area contributed by atoms with Crippen LogP contribution in [0.3, 0.4) is 0 Å². The number of carbonyl (C=O) groups is 2. The molecule has 0 aliphatic carbocycles. The molecule has 3 rings (SSSR count). The van der Waals surface area contributed by atoms with E-state index in [0.29, 0.717) is 13.1 Å². The van der Waals surface area contributed by atoms with Gasteiger partial charge in [0.05, 0.1) is 5.92 Å². The molecule has 6 heteroatoms. The molecular weight excluding hydrogens is 388 g/mol. The van der Waals surface area contributed by atoms with Gasteiger partial charge in [-0.05, 0) is 53.1 Å². The molecule has 0 bridgehead atoms. The minimum Gasteiger partial charge on any atom is -0.341 e. The Morgan fingerprint density at radius 3 is 2.88 bits per heavy atom. The second kappa shape index (κ2) is 7.07. The Balaban J connectivity index is 1.70. The maximum Gasteiger partial charge on any atom is 0.228 e. The van der Waals surface area contributed by atoms with E-state index in [9.17, 15) is 9.59 Å². The van der Waals surface area contributed by atoms with E-state index >= 15 is 0 Å². The summed E-state index contributed by atoms with van der Waals surface area (Å²) in [4.78, 5) is 28.5. The number of halogens is 1. The van der Waals surface area contributed by atoms with Gasteiger partial charge in [-0.3, -0.25) is 9.59 Å². The second-order valence-corrected chi connectivity index (χ2v) is 7.86. The second-order valence-electron chi connectivity index (χ2n) is 6.16. The van der Waals surface area contributed by atoms with Gasteiger partial charge in [0.25, 0.3) is 0 Å². The van der Waals surface area contributed by atoms with Crippen LogP contribution in [-0.4, -0.2) is 30.3 Å².